The van der Waals surface area contributed by atoms with Crippen LogP contribution in [0, 0.1) is 0 Å². The number of rotatable bonds is 0. The lowest BCUT2D eigenvalue weighted by molar-refractivity contribution is -0.263. The van der Waals surface area contributed by atoms with Gasteiger partial charge in [0.05, 0.1) is 5.60 Å². The van der Waals surface area contributed by atoms with E-state index in [1.807, 2.05) is 0 Å². The highest BCUT2D eigenvalue weighted by atomic mass is 16.7. The Kier molecular flexibility index (Phi) is 5.43. The third-order valence-electron chi connectivity index (χ3n) is 0.862. The van der Waals surface area contributed by atoms with Gasteiger partial charge in [0, 0.05) is 0 Å². The second-order valence-corrected chi connectivity index (χ2v) is 3.75. The fraction of sp³-hybridized carbons (Fsp3) is 1.00. The molecule has 80 valence electrons. The predicted octanol–water partition coefficient (Wildman–Crippen LogP) is -0.553. The lowest BCUT2D eigenvalue weighted by Crippen LogP contribution is -2.34. The van der Waals surface area contributed by atoms with Crippen molar-refractivity contribution in [2.45, 2.75) is 39.0 Å². The first kappa shape index (κ1) is 12.8. The maximum absolute atomic E-state index is 8.57. The topological polar surface area (TPSA) is 79.2 Å². The monoisotopic (exact) mass is 194 g/mol. The second kappa shape index (κ2) is 5.51. The van der Waals surface area contributed by atoms with Crippen LogP contribution in [0.15, 0.2) is 0 Å². The number of hydrogen-bond donors (Lipinski definition) is 3. The molecule has 5 heteroatoms. The lowest BCUT2D eigenvalue weighted by Gasteiger charge is -2.22. The smallest absolute Gasteiger partial charge is 0.178 e. The van der Waals surface area contributed by atoms with Crippen molar-refractivity contribution < 1.29 is 24.8 Å². The summed E-state index contributed by atoms with van der Waals surface area (Å²) in [6, 6.07) is 0. The van der Waals surface area contributed by atoms with Crippen LogP contribution < -0.4 is 0 Å². The maximum atomic E-state index is 8.57. The molecular weight excluding hydrogens is 176 g/mol. The van der Waals surface area contributed by atoms with E-state index in [-0.39, 0.29) is 13.2 Å². The van der Waals surface area contributed by atoms with Gasteiger partial charge in [0.1, 0.15) is 13.2 Å². The van der Waals surface area contributed by atoms with E-state index in [9.17, 15) is 0 Å². The first-order valence-electron chi connectivity index (χ1n) is 4.11. The molecule has 0 aromatic rings. The molecule has 0 saturated carbocycles. The third kappa shape index (κ3) is 11.8. The minimum absolute atomic E-state index is 0.0567. The van der Waals surface area contributed by atoms with Crippen LogP contribution in [0.5, 0.6) is 0 Å². The molecule has 2 unspecified atom stereocenters. The van der Waals surface area contributed by atoms with Crippen LogP contribution in [-0.2, 0) is 9.47 Å². The maximum Gasteiger partial charge on any atom is 0.178 e. The highest BCUT2D eigenvalue weighted by Crippen LogP contribution is 2.00. The zero-order valence-electron chi connectivity index (χ0n) is 8.23. The summed E-state index contributed by atoms with van der Waals surface area (Å²) in [4.78, 5) is 0. The molecule has 1 heterocycles. The van der Waals surface area contributed by atoms with Crippen LogP contribution in [0.1, 0.15) is 20.8 Å². The van der Waals surface area contributed by atoms with E-state index in [1.165, 1.54) is 0 Å². The summed E-state index contributed by atoms with van der Waals surface area (Å²) >= 11 is 0. The van der Waals surface area contributed by atoms with Crippen molar-refractivity contribution in [3.05, 3.63) is 0 Å². The summed E-state index contributed by atoms with van der Waals surface area (Å²) < 4.78 is 9.14. The molecule has 1 aliphatic rings. The molecule has 3 N–H and O–H groups in total. The molecule has 0 bridgehead atoms. The molecule has 0 amide bonds. The Bertz CT molecular complexity index is 107. The van der Waals surface area contributed by atoms with Crippen LogP contribution in [0.25, 0.3) is 0 Å². The van der Waals surface area contributed by atoms with Crippen molar-refractivity contribution in [1.29, 1.82) is 0 Å². The summed E-state index contributed by atoms with van der Waals surface area (Å²) in [6.45, 7) is 5.34. The Morgan fingerprint density at radius 1 is 1.00 bits per heavy atom. The first-order chi connectivity index (χ1) is 5.79. The molecular formula is C8H18O5. The van der Waals surface area contributed by atoms with Crippen molar-refractivity contribution in [2.75, 3.05) is 13.2 Å². The Morgan fingerprint density at radius 3 is 1.38 bits per heavy atom. The third-order valence-corrected chi connectivity index (χ3v) is 0.862. The summed E-state index contributed by atoms with van der Waals surface area (Å²) in [6.07, 6.45) is -1.73. The summed E-state index contributed by atoms with van der Waals surface area (Å²) in [5.74, 6) is 0. The number of aliphatic hydroxyl groups excluding tert-OH is 2. The minimum Gasteiger partial charge on any atom is -0.391 e. The van der Waals surface area contributed by atoms with Crippen molar-refractivity contribution in [3.63, 3.8) is 0 Å². The normalized spacial score (nSPS) is 29.1. The molecule has 5 nitrogen and oxygen atoms in total. The van der Waals surface area contributed by atoms with Gasteiger partial charge < -0.3 is 24.8 Å². The average Bonchev–Trinajstić information content (AvgIpc) is 1.92. The SMILES string of the molecule is CC(C)(C)O.OC1COC(O)CO1. The summed E-state index contributed by atoms with van der Waals surface area (Å²) in [7, 11) is 0. The predicted molar refractivity (Wildman–Crippen MR) is 45.9 cm³/mol. The number of ether oxygens (including phenoxy) is 2. The van der Waals surface area contributed by atoms with Gasteiger partial charge in [-0.05, 0) is 20.8 Å². The van der Waals surface area contributed by atoms with Gasteiger partial charge in [0.2, 0.25) is 0 Å². The molecule has 2 atom stereocenters. The fourth-order valence-corrected chi connectivity index (χ4v) is 0.483. The van der Waals surface area contributed by atoms with Crippen LogP contribution in [0.3, 0.4) is 0 Å². The van der Waals surface area contributed by atoms with Crippen LogP contribution in [-0.4, -0.2) is 46.7 Å². The molecule has 0 aliphatic carbocycles. The Balaban J connectivity index is 0.000000252. The second-order valence-electron chi connectivity index (χ2n) is 3.75. The molecule has 1 fully saturated rings. The van der Waals surface area contributed by atoms with E-state index in [0.717, 1.165) is 0 Å². The Hall–Kier alpha value is -0.200. The van der Waals surface area contributed by atoms with Crippen molar-refractivity contribution in [1.82, 2.24) is 0 Å². The van der Waals surface area contributed by atoms with Crippen molar-refractivity contribution in [3.8, 4) is 0 Å². The standard InChI is InChI=1S/C4H8O4.C4H10O/c5-3-1-7-4(6)2-8-3;1-4(2,3)5/h3-6H,1-2H2;5H,1-3H3. The lowest BCUT2D eigenvalue weighted by atomic mass is 10.2. The van der Waals surface area contributed by atoms with Gasteiger partial charge in [-0.3, -0.25) is 0 Å². The Morgan fingerprint density at radius 2 is 1.23 bits per heavy atom. The van der Waals surface area contributed by atoms with Crippen LogP contribution >= 0.6 is 0 Å². The van der Waals surface area contributed by atoms with Gasteiger partial charge in [-0.15, -0.1) is 0 Å². The van der Waals surface area contributed by atoms with Gasteiger partial charge in [0.15, 0.2) is 12.6 Å². The van der Waals surface area contributed by atoms with E-state index < -0.39 is 18.2 Å². The zero-order chi connectivity index (χ0) is 10.5. The van der Waals surface area contributed by atoms with Crippen molar-refractivity contribution in [2.24, 2.45) is 0 Å². The van der Waals surface area contributed by atoms with Crippen LogP contribution in [0.4, 0.5) is 0 Å². The minimum atomic E-state index is -0.863. The zero-order valence-corrected chi connectivity index (χ0v) is 8.23. The van der Waals surface area contributed by atoms with Crippen molar-refractivity contribution >= 4 is 0 Å². The van der Waals surface area contributed by atoms with Gasteiger partial charge in [0.25, 0.3) is 0 Å². The average molecular weight is 194 g/mol. The van der Waals surface area contributed by atoms with E-state index in [0.29, 0.717) is 0 Å². The summed E-state index contributed by atoms with van der Waals surface area (Å²) in [5.41, 5.74) is -0.500. The highest BCUT2D eigenvalue weighted by Gasteiger charge is 2.16. The molecule has 0 spiro atoms. The summed E-state index contributed by atoms with van der Waals surface area (Å²) in [5, 5.41) is 25.7. The molecule has 0 aromatic carbocycles. The van der Waals surface area contributed by atoms with Gasteiger partial charge in [-0.2, -0.15) is 0 Å². The fourth-order valence-electron chi connectivity index (χ4n) is 0.483. The Labute approximate surface area is 77.9 Å². The largest absolute Gasteiger partial charge is 0.391 e. The quantitative estimate of drug-likeness (QED) is 0.482. The van der Waals surface area contributed by atoms with Crippen LogP contribution in [0.2, 0.25) is 0 Å². The van der Waals surface area contributed by atoms with E-state index in [2.05, 4.69) is 9.47 Å². The molecule has 13 heavy (non-hydrogen) atoms. The molecule has 0 radical (unpaired) electrons. The van der Waals surface area contributed by atoms with E-state index in [1.54, 1.807) is 20.8 Å². The van der Waals surface area contributed by atoms with Gasteiger partial charge >= 0.3 is 0 Å². The molecule has 1 rings (SSSR count). The van der Waals surface area contributed by atoms with E-state index in [4.69, 9.17) is 15.3 Å². The molecule has 1 saturated heterocycles. The number of hydrogen-bond acceptors (Lipinski definition) is 5. The molecule has 1 aliphatic heterocycles. The van der Waals surface area contributed by atoms with Gasteiger partial charge in [-0.1, -0.05) is 0 Å². The highest BCUT2D eigenvalue weighted by molar-refractivity contribution is 4.51. The first-order valence-corrected chi connectivity index (χ1v) is 4.11. The molecule has 0 aromatic heterocycles. The number of aliphatic hydroxyl groups is 3. The van der Waals surface area contributed by atoms with Gasteiger partial charge in [-0.25, -0.2) is 0 Å². The van der Waals surface area contributed by atoms with E-state index >= 15 is 0 Å².